The van der Waals surface area contributed by atoms with Crippen LogP contribution in [0.25, 0.3) is 5.70 Å². The number of amidine groups is 1. The maximum absolute atomic E-state index is 13.3. The predicted octanol–water partition coefficient (Wildman–Crippen LogP) is 2.88. The largest absolute Gasteiger partial charge is 0.349 e. The number of rotatable bonds is 5. The summed E-state index contributed by atoms with van der Waals surface area (Å²) in [6, 6.07) is 20.2. The van der Waals surface area contributed by atoms with Crippen LogP contribution in [0.5, 0.6) is 0 Å². The average molecular weight is 483 g/mol. The molecule has 1 amide bonds. The SMILES string of the molecule is O=C(NC1CCN(Cc2ccccc2)CC1)C1=C(c2ccccc2)N2CCS(=O)(=O)N=C2S1. The van der Waals surface area contributed by atoms with E-state index in [0.29, 0.717) is 16.6 Å². The lowest BCUT2D eigenvalue weighted by atomic mass is 10.0. The molecule has 3 aliphatic heterocycles. The Morgan fingerprint density at radius 3 is 2.36 bits per heavy atom. The number of fused-ring (bicyclic) bond motifs is 1. The van der Waals surface area contributed by atoms with Gasteiger partial charge in [-0.15, -0.1) is 4.40 Å². The zero-order valence-electron chi connectivity index (χ0n) is 18.2. The summed E-state index contributed by atoms with van der Waals surface area (Å²) in [5.74, 6) is -0.211. The van der Waals surface area contributed by atoms with Crippen LogP contribution in [0.3, 0.4) is 0 Å². The highest BCUT2D eigenvalue weighted by Gasteiger charge is 2.38. The van der Waals surface area contributed by atoms with Crippen molar-refractivity contribution in [2.24, 2.45) is 4.40 Å². The van der Waals surface area contributed by atoms with Crippen LogP contribution < -0.4 is 5.32 Å². The smallest absolute Gasteiger partial charge is 0.260 e. The van der Waals surface area contributed by atoms with Crippen molar-refractivity contribution >= 4 is 38.6 Å². The van der Waals surface area contributed by atoms with E-state index in [1.54, 1.807) is 0 Å². The first-order valence-electron chi connectivity index (χ1n) is 11.1. The molecule has 0 radical (unpaired) electrons. The van der Waals surface area contributed by atoms with Gasteiger partial charge in [0.1, 0.15) is 4.91 Å². The van der Waals surface area contributed by atoms with E-state index in [4.69, 9.17) is 0 Å². The van der Waals surface area contributed by atoms with Crippen LogP contribution in [0, 0.1) is 0 Å². The Hall–Kier alpha value is -2.62. The van der Waals surface area contributed by atoms with Gasteiger partial charge in [-0.1, -0.05) is 60.7 Å². The molecule has 2 aromatic rings. The fraction of sp³-hybridized carbons (Fsp3) is 0.333. The van der Waals surface area contributed by atoms with Gasteiger partial charge >= 0.3 is 0 Å². The fourth-order valence-corrected chi connectivity index (χ4v) is 6.71. The summed E-state index contributed by atoms with van der Waals surface area (Å²) in [4.78, 5) is 18.1. The molecule has 172 valence electrons. The number of carbonyl (C=O) groups excluding carboxylic acids is 1. The third kappa shape index (κ3) is 5.00. The third-order valence-electron chi connectivity index (χ3n) is 6.12. The molecule has 1 fully saturated rings. The lowest BCUT2D eigenvalue weighted by Crippen LogP contribution is -2.44. The molecule has 7 nitrogen and oxygen atoms in total. The van der Waals surface area contributed by atoms with Crippen LogP contribution in [0.1, 0.15) is 24.0 Å². The molecule has 0 saturated carbocycles. The van der Waals surface area contributed by atoms with E-state index in [1.807, 2.05) is 41.3 Å². The zero-order chi connectivity index (χ0) is 22.8. The highest BCUT2D eigenvalue weighted by atomic mass is 32.2. The van der Waals surface area contributed by atoms with Gasteiger partial charge in [0, 0.05) is 32.2 Å². The van der Waals surface area contributed by atoms with Crippen molar-refractivity contribution in [1.29, 1.82) is 0 Å². The Morgan fingerprint density at radius 1 is 1.00 bits per heavy atom. The van der Waals surface area contributed by atoms with Crippen LogP contribution in [-0.4, -0.2) is 60.7 Å². The van der Waals surface area contributed by atoms with Gasteiger partial charge in [-0.2, -0.15) is 0 Å². The molecule has 0 bridgehead atoms. The molecule has 3 heterocycles. The summed E-state index contributed by atoms with van der Waals surface area (Å²) in [5, 5.41) is 3.56. The summed E-state index contributed by atoms with van der Waals surface area (Å²) < 4.78 is 28.0. The van der Waals surface area contributed by atoms with E-state index in [-0.39, 0.29) is 17.7 Å². The van der Waals surface area contributed by atoms with Gasteiger partial charge in [-0.05, 0) is 35.7 Å². The Kier molecular flexibility index (Phi) is 6.27. The normalized spacial score (nSPS) is 21.0. The van der Waals surface area contributed by atoms with E-state index in [0.717, 1.165) is 55.5 Å². The van der Waals surface area contributed by atoms with E-state index in [2.05, 4.69) is 38.9 Å². The summed E-state index contributed by atoms with van der Waals surface area (Å²) in [5.41, 5.74) is 2.93. The van der Waals surface area contributed by atoms with E-state index in [9.17, 15) is 13.2 Å². The maximum Gasteiger partial charge on any atom is 0.260 e. The summed E-state index contributed by atoms with van der Waals surface area (Å²) >= 11 is 1.15. The highest BCUT2D eigenvalue weighted by molar-refractivity contribution is 8.19. The molecule has 0 aliphatic carbocycles. The van der Waals surface area contributed by atoms with Gasteiger partial charge in [0.15, 0.2) is 5.17 Å². The molecule has 0 aromatic heterocycles. The summed E-state index contributed by atoms with van der Waals surface area (Å²) in [6.45, 7) is 3.07. The summed E-state index contributed by atoms with van der Waals surface area (Å²) in [7, 11) is -3.49. The fourth-order valence-electron chi connectivity index (χ4n) is 4.42. The first-order valence-corrected chi connectivity index (χ1v) is 13.6. The van der Waals surface area contributed by atoms with Crippen LogP contribution in [-0.2, 0) is 21.4 Å². The van der Waals surface area contributed by atoms with Crippen molar-refractivity contribution in [1.82, 2.24) is 15.1 Å². The monoisotopic (exact) mass is 482 g/mol. The van der Waals surface area contributed by atoms with Gasteiger partial charge in [-0.25, -0.2) is 8.42 Å². The van der Waals surface area contributed by atoms with Crippen molar-refractivity contribution < 1.29 is 13.2 Å². The van der Waals surface area contributed by atoms with E-state index < -0.39 is 10.0 Å². The molecule has 0 atom stereocenters. The number of amides is 1. The van der Waals surface area contributed by atoms with Gasteiger partial charge < -0.3 is 10.2 Å². The molecular formula is C24H26N4O3S2. The number of nitrogens with zero attached hydrogens (tertiary/aromatic N) is 3. The Bertz CT molecular complexity index is 1190. The lowest BCUT2D eigenvalue weighted by Gasteiger charge is -2.32. The second-order valence-electron chi connectivity index (χ2n) is 8.47. The van der Waals surface area contributed by atoms with Crippen molar-refractivity contribution in [3.63, 3.8) is 0 Å². The predicted molar refractivity (Wildman–Crippen MR) is 132 cm³/mol. The van der Waals surface area contributed by atoms with E-state index in [1.165, 1.54) is 5.56 Å². The van der Waals surface area contributed by atoms with Gasteiger partial charge in [0.05, 0.1) is 11.4 Å². The van der Waals surface area contributed by atoms with Gasteiger partial charge in [-0.3, -0.25) is 9.69 Å². The van der Waals surface area contributed by atoms with Crippen molar-refractivity contribution in [2.75, 3.05) is 25.4 Å². The molecule has 2 aromatic carbocycles. The van der Waals surface area contributed by atoms with Crippen LogP contribution in [0.4, 0.5) is 0 Å². The minimum atomic E-state index is -3.49. The Balaban J connectivity index is 1.30. The average Bonchev–Trinajstić information content (AvgIpc) is 3.19. The molecule has 1 N–H and O–H groups in total. The van der Waals surface area contributed by atoms with E-state index >= 15 is 0 Å². The van der Waals surface area contributed by atoms with Crippen LogP contribution >= 0.6 is 11.8 Å². The van der Waals surface area contributed by atoms with Gasteiger partial charge in [0.2, 0.25) is 0 Å². The molecular weight excluding hydrogens is 456 g/mol. The topological polar surface area (TPSA) is 82.1 Å². The molecule has 9 heteroatoms. The van der Waals surface area contributed by atoms with Crippen molar-refractivity contribution in [3.8, 4) is 0 Å². The molecule has 33 heavy (non-hydrogen) atoms. The van der Waals surface area contributed by atoms with Gasteiger partial charge in [0.25, 0.3) is 15.9 Å². The number of hydrogen-bond acceptors (Lipinski definition) is 6. The zero-order valence-corrected chi connectivity index (χ0v) is 19.8. The van der Waals surface area contributed by atoms with Crippen LogP contribution in [0.15, 0.2) is 70.0 Å². The quantitative estimate of drug-likeness (QED) is 0.706. The van der Waals surface area contributed by atoms with Crippen molar-refractivity contribution in [2.45, 2.75) is 25.4 Å². The number of sulfonamides is 1. The van der Waals surface area contributed by atoms with Crippen LogP contribution in [0.2, 0.25) is 0 Å². The number of thioether (sulfide) groups is 1. The second kappa shape index (κ2) is 9.32. The lowest BCUT2D eigenvalue weighted by molar-refractivity contribution is -0.117. The first kappa shape index (κ1) is 22.2. The third-order valence-corrected chi connectivity index (χ3v) is 8.47. The maximum atomic E-state index is 13.3. The first-order chi connectivity index (χ1) is 16.0. The number of carbonyl (C=O) groups is 1. The Labute approximate surface area is 198 Å². The number of likely N-dealkylation sites (tertiary alicyclic amines) is 1. The molecule has 3 aliphatic rings. The standard InChI is InChI=1S/C24H26N4O3S2/c29-23(25-20-11-13-27(14-12-20)17-18-7-3-1-4-8-18)22-21(19-9-5-2-6-10-19)28-15-16-33(30,31)26-24(28)32-22/h1-10,20H,11-17H2,(H,25,29). The highest BCUT2D eigenvalue weighted by Crippen LogP contribution is 2.41. The number of benzene rings is 2. The summed E-state index contributed by atoms with van der Waals surface area (Å²) in [6.07, 6.45) is 1.77. The minimum absolute atomic E-state index is 0.0534. The molecule has 0 spiro atoms. The minimum Gasteiger partial charge on any atom is -0.349 e. The molecule has 1 saturated heterocycles. The number of hydrogen-bond donors (Lipinski definition) is 1. The molecule has 0 unspecified atom stereocenters. The Morgan fingerprint density at radius 2 is 1.67 bits per heavy atom. The number of piperidine rings is 1. The van der Waals surface area contributed by atoms with Crippen molar-refractivity contribution in [3.05, 3.63) is 76.7 Å². The number of nitrogens with one attached hydrogen (secondary N) is 1. The molecule has 5 rings (SSSR count). The second-order valence-corrected chi connectivity index (χ2v) is 11.2.